The summed E-state index contributed by atoms with van der Waals surface area (Å²) in [6.45, 7) is 1.66. The Kier molecular flexibility index (Phi) is 5.10. The molecule has 0 aliphatic rings. The van der Waals surface area contributed by atoms with Gasteiger partial charge in [0.2, 0.25) is 0 Å². The smallest absolute Gasteiger partial charge is 0.347 e. The lowest BCUT2D eigenvalue weighted by Gasteiger charge is -2.12. The Balaban J connectivity index is 2.10. The summed E-state index contributed by atoms with van der Waals surface area (Å²) in [5.74, 6) is 0.249. The number of methoxy groups -OCH3 is 2. The first-order valence-corrected chi connectivity index (χ1v) is 8.77. The molecule has 27 heavy (non-hydrogen) atoms. The van der Waals surface area contributed by atoms with Crippen molar-refractivity contribution in [2.75, 3.05) is 14.2 Å². The van der Waals surface area contributed by atoms with E-state index in [1.165, 1.54) is 0 Å². The van der Waals surface area contributed by atoms with Crippen LogP contribution in [0.5, 0.6) is 11.5 Å². The molecular weight excluding hydrogens is 364 g/mol. The van der Waals surface area contributed by atoms with Crippen LogP contribution in [0.1, 0.15) is 20.9 Å². The van der Waals surface area contributed by atoms with Crippen LogP contribution in [-0.2, 0) is 0 Å². The van der Waals surface area contributed by atoms with Crippen molar-refractivity contribution in [3.63, 3.8) is 0 Å². The zero-order valence-electron chi connectivity index (χ0n) is 14.9. The summed E-state index contributed by atoms with van der Waals surface area (Å²) in [5.41, 5.74) is 3.08. The maximum atomic E-state index is 11.2. The molecule has 0 radical (unpaired) electrons. The lowest BCUT2D eigenvalue weighted by molar-refractivity contribution is 0.0701. The largest absolute Gasteiger partial charge is 0.497 e. The number of aromatic carboxylic acids is 1. The second kappa shape index (κ2) is 7.48. The molecule has 6 nitrogen and oxygen atoms in total. The normalized spacial score (nSPS) is 10.3. The van der Waals surface area contributed by atoms with Gasteiger partial charge in [0.1, 0.15) is 21.4 Å². The number of hydrogen-bond acceptors (Lipinski definition) is 6. The van der Waals surface area contributed by atoms with Crippen LogP contribution in [0.15, 0.2) is 36.4 Å². The molecule has 7 heteroatoms. The topological polar surface area (TPSA) is 92.4 Å². The van der Waals surface area contributed by atoms with Gasteiger partial charge in [-0.15, -0.1) is 11.3 Å². The van der Waals surface area contributed by atoms with Crippen molar-refractivity contribution < 1.29 is 19.4 Å². The van der Waals surface area contributed by atoms with Crippen LogP contribution in [0.4, 0.5) is 0 Å². The summed E-state index contributed by atoms with van der Waals surface area (Å²) in [7, 11) is 3.13. The Bertz CT molecular complexity index is 1070. The highest BCUT2D eigenvalue weighted by Gasteiger charge is 2.17. The third-order valence-electron chi connectivity index (χ3n) is 4.08. The zero-order chi connectivity index (χ0) is 19.6. The Morgan fingerprint density at radius 2 is 1.89 bits per heavy atom. The summed E-state index contributed by atoms with van der Waals surface area (Å²) in [6.07, 6.45) is 0. The van der Waals surface area contributed by atoms with Crippen molar-refractivity contribution in [2.24, 2.45) is 0 Å². The summed E-state index contributed by atoms with van der Waals surface area (Å²) in [5, 5.41) is 19.4. The van der Waals surface area contributed by atoms with E-state index in [-0.39, 0.29) is 4.88 Å². The van der Waals surface area contributed by atoms with Crippen molar-refractivity contribution in [3.8, 4) is 39.3 Å². The summed E-state index contributed by atoms with van der Waals surface area (Å²) < 4.78 is 10.7. The number of nitrogens with zero attached hydrogens (tertiary/aromatic N) is 2. The highest BCUT2D eigenvalue weighted by atomic mass is 32.1. The highest BCUT2D eigenvalue weighted by Crippen LogP contribution is 2.37. The van der Waals surface area contributed by atoms with Gasteiger partial charge in [0.25, 0.3) is 0 Å². The first-order chi connectivity index (χ1) is 13.0. The predicted molar refractivity (Wildman–Crippen MR) is 103 cm³/mol. The van der Waals surface area contributed by atoms with Crippen LogP contribution >= 0.6 is 11.3 Å². The minimum atomic E-state index is -1.00. The zero-order valence-corrected chi connectivity index (χ0v) is 15.8. The number of rotatable bonds is 5. The van der Waals surface area contributed by atoms with E-state index in [1.807, 2.05) is 18.2 Å². The van der Waals surface area contributed by atoms with Gasteiger partial charge in [-0.25, -0.2) is 9.78 Å². The number of aryl methyl sites for hydroxylation is 1. The minimum Gasteiger partial charge on any atom is -0.497 e. The molecule has 0 saturated carbocycles. The van der Waals surface area contributed by atoms with Gasteiger partial charge in [0.05, 0.1) is 31.5 Å². The SMILES string of the molecule is COc1ccc(-c2ccc(-c3nc(C)c(C(=O)O)s3)cc2C#N)c(OC)c1. The predicted octanol–water partition coefficient (Wildman–Crippen LogP) is 4.37. The summed E-state index contributed by atoms with van der Waals surface area (Å²) >= 11 is 1.09. The van der Waals surface area contributed by atoms with Crippen LogP contribution in [-0.4, -0.2) is 30.3 Å². The molecule has 0 saturated heterocycles. The molecule has 0 spiro atoms. The molecule has 2 aromatic carbocycles. The van der Waals surface area contributed by atoms with E-state index in [0.29, 0.717) is 38.9 Å². The Hall–Kier alpha value is -3.37. The van der Waals surface area contributed by atoms with E-state index in [0.717, 1.165) is 16.9 Å². The molecule has 1 N–H and O–H groups in total. The van der Waals surface area contributed by atoms with Gasteiger partial charge in [-0.05, 0) is 25.1 Å². The Morgan fingerprint density at radius 1 is 1.15 bits per heavy atom. The average Bonchev–Trinajstić information content (AvgIpc) is 3.09. The molecule has 0 unspecified atom stereocenters. The number of thiazole rings is 1. The fraction of sp³-hybridized carbons (Fsp3) is 0.150. The Labute approximate surface area is 160 Å². The molecule has 136 valence electrons. The van der Waals surface area contributed by atoms with Crippen LogP contribution in [0, 0.1) is 18.3 Å². The molecule has 0 atom stereocenters. The molecule has 3 aromatic rings. The maximum Gasteiger partial charge on any atom is 0.347 e. The molecule has 0 aliphatic carbocycles. The number of carboxylic acid groups (broad SMARTS) is 1. The van der Waals surface area contributed by atoms with E-state index < -0.39 is 5.97 Å². The number of carbonyl (C=O) groups is 1. The number of benzene rings is 2. The molecule has 0 fully saturated rings. The number of ether oxygens (including phenoxy) is 2. The van der Waals surface area contributed by atoms with Crippen molar-refractivity contribution in [2.45, 2.75) is 6.92 Å². The number of aromatic nitrogens is 1. The van der Waals surface area contributed by atoms with Gasteiger partial charge < -0.3 is 14.6 Å². The van der Waals surface area contributed by atoms with Gasteiger partial charge >= 0.3 is 5.97 Å². The van der Waals surface area contributed by atoms with Crippen molar-refractivity contribution in [3.05, 3.63) is 52.5 Å². The summed E-state index contributed by atoms with van der Waals surface area (Å²) in [6, 6.07) is 12.9. The van der Waals surface area contributed by atoms with E-state index in [9.17, 15) is 15.2 Å². The first kappa shape index (κ1) is 18.4. The van der Waals surface area contributed by atoms with Gasteiger partial charge in [0, 0.05) is 22.8 Å². The quantitative estimate of drug-likeness (QED) is 0.706. The average molecular weight is 380 g/mol. The van der Waals surface area contributed by atoms with E-state index >= 15 is 0 Å². The molecular formula is C20H16N2O4S. The monoisotopic (exact) mass is 380 g/mol. The fourth-order valence-electron chi connectivity index (χ4n) is 2.74. The third-order valence-corrected chi connectivity index (χ3v) is 5.27. The van der Waals surface area contributed by atoms with Crippen molar-refractivity contribution in [1.82, 2.24) is 4.98 Å². The second-order valence-electron chi connectivity index (χ2n) is 5.68. The van der Waals surface area contributed by atoms with E-state index in [2.05, 4.69) is 11.1 Å². The highest BCUT2D eigenvalue weighted by molar-refractivity contribution is 7.17. The van der Waals surface area contributed by atoms with E-state index in [4.69, 9.17) is 9.47 Å². The fourth-order valence-corrected chi connectivity index (χ4v) is 3.65. The maximum absolute atomic E-state index is 11.2. The summed E-state index contributed by atoms with van der Waals surface area (Å²) in [4.78, 5) is 15.8. The molecule has 0 amide bonds. The van der Waals surface area contributed by atoms with Gasteiger partial charge in [0.15, 0.2) is 0 Å². The number of hydrogen-bond donors (Lipinski definition) is 1. The molecule has 1 heterocycles. The molecule has 3 rings (SSSR count). The third kappa shape index (κ3) is 3.48. The second-order valence-corrected chi connectivity index (χ2v) is 6.68. The standard InChI is InChI=1S/C20H16N2O4S/c1-11-18(20(23)24)27-19(22-11)12-4-6-15(13(8-12)10-21)16-7-5-14(25-2)9-17(16)26-3/h4-9H,1-3H3,(H,23,24). The molecule has 1 aromatic heterocycles. The first-order valence-electron chi connectivity index (χ1n) is 7.96. The molecule has 0 aliphatic heterocycles. The van der Waals surface area contributed by atoms with Crippen molar-refractivity contribution >= 4 is 17.3 Å². The molecule has 0 bridgehead atoms. The lowest BCUT2D eigenvalue weighted by Crippen LogP contribution is -1.94. The van der Waals surface area contributed by atoms with Crippen LogP contribution in [0.25, 0.3) is 21.7 Å². The van der Waals surface area contributed by atoms with Crippen LogP contribution in [0.3, 0.4) is 0 Å². The Morgan fingerprint density at radius 3 is 2.48 bits per heavy atom. The number of nitriles is 1. The minimum absolute atomic E-state index is 0.199. The van der Waals surface area contributed by atoms with Crippen LogP contribution in [0.2, 0.25) is 0 Å². The lowest BCUT2D eigenvalue weighted by atomic mass is 9.97. The van der Waals surface area contributed by atoms with Gasteiger partial charge in [-0.3, -0.25) is 0 Å². The van der Waals surface area contributed by atoms with Crippen LogP contribution < -0.4 is 9.47 Å². The van der Waals surface area contributed by atoms with Crippen molar-refractivity contribution in [1.29, 1.82) is 5.26 Å². The number of carboxylic acids is 1. The van der Waals surface area contributed by atoms with Gasteiger partial charge in [-0.1, -0.05) is 12.1 Å². The van der Waals surface area contributed by atoms with Gasteiger partial charge in [-0.2, -0.15) is 5.26 Å². The van der Waals surface area contributed by atoms with E-state index in [1.54, 1.807) is 39.3 Å².